The van der Waals surface area contributed by atoms with Crippen LogP contribution in [0, 0.1) is 0 Å². The number of nitrogens with zero attached hydrogens (tertiary/aromatic N) is 4. The smallest absolute Gasteiger partial charge is 0.358 e. The molecular weight excluding hydrogens is 627 g/mol. The molecule has 6 rings (SSSR count). The van der Waals surface area contributed by atoms with Gasteiger partial charge in [-0.25, -0.2) is 19.6 Å². The molecule has 2 amide bonds. The van der Waals surface area contributed by atoms with Gasteiger partial charge in [-0.3, -0.25) is 10.2 Å². The maximum atomic E-state index is 13.4. The van der Waals surface area contributed by atoms with Crippen molar-refractivity contribution in [3.8, 4) is 22.8 Å². The van der Waals surface area contributed by atoms with Gasteiger partial charge in [-0.1, -0.05) is 48.9 Å². The summed E-state index contributed by atoms with van der Waals surface area (Å²) in [6.07, 6.45) is 4.55. The van der Waals surface area contributed by atoms with Crippen LogP contribution in [0.25, 0.3) is 21.5 Å². The number of benzene rings is 3. The molecule has 2 N–H and O–H groups in total. The first-order valence-electron chi connectivity index (χ1n) is 16.3. The minimum absolute atomic E-state index is 0.167. The highest BCUT2D eigenvalue weighted by molar-refractivity contribution is 7.22. The number of carboxylic acid groups (broad SMARTS) is 1. The molecule has 3 aromatic carbocycles. The number of aromatic nitrogens is 2. The standard InChI is InChI=1S/C37H39N5O5S/c1-3-4-20-41(2)27-14-16-28(17-15-27)46-22-8-23-47-32-19-18-29(38-34(32)35(43)44)26-13-12-25-9-7-21-42(31(25)24-26)37(45)40-36-39-30-10-5-6-11-33(30)48-36/h5-6,10-19,24H,3-4,7-9,20-23H2,1-2H3,(H,43,44)(H,39,40,45). The Morgan fingerprint density at radius 2 is 1.79 bits per heavy atom. The minimum Gasteiger partial charge on any atom is -0.493 e. The number of urea groups is 1. The number of thiazole rings is 1. The van der Waals surface area contributed by atoms with Gasteiger partial charge in [0.15, 0.2) is 16.6 Å². The lowest BCUT2D eigenvalue weighted by atomic mass is 9.98. The second-order valence-electron chi connectivity index (χ2n) is 11.7. The summed E-state index contributed by atoms with van der Waals surface area (Å²) in [4.78, 5) is 38.5. The third-order valence-electron chi connectivity index (χ3n) is 8.25. The van der Waals surface area contributed by atoms with Crippen molar-refractivity contribution in [1.82, 2.24) is 9.97 Å². The van der Waals surface area contributed by atoms with Gasteiger partial charge in [0.05, 0.1) is 29.1 Å². The van der Waals surface area contributed by atoms with Gasteiger partial charge >= 0.3 is 12.0 Å². The summed E-state index contributed by atoms with van der Waals surface area (Å²) < 4.78 is 12.7. The van der Waals surface area contributed by atoms with Gasteiger partial charge in [-0.2, -0.15) is 0 Å². The van der Waals surface area contributed by atoms with Crippen LogP contribution in [-0.4, -0.2) is 60.4 Å². The SMILES string of the molecule is CCCCN(C)c1ccc(OCCCOc2ccc(-c3ccc4c(c3)N(C(=O)Nc3nc5ccccc5s3)CCC4)nc2C(=O)O)cc1. The summed E-state index contributed by atoms with van der Waals surface area (Å²) in [6, 6.07) is 24.7. The predicted molar refractivity (Wildman–Crippen MR) is 191 cm³/mol. The van der Waals surface area contributed by atoms with E-state index in [1.54, 1.807) is 17.0 Å². The van der Waals surface area contributed by atoms with Crippen LogP contribution < -0.4 is 24.6 Å². The number of aromatic carboxylic acids is 1. The maximum Gasteiger partial charge on any atom is 0.358 e. The van der Waals surface area contributed by atoms with E-state index < -0.39 is 5.97 Å². The number of para-hydroxylation sites is 1. The molecule has 0 radical (unpaired) electrons. The third kappa shape index (κ3) is 7.69. The molecule has 0 saturated heterocycles. The molecule has 1 aliphatic rings. The Balaban J connectivity index is 1.08. The van der Waals surface area contributed by atoms with Crippen molar-refractivity contribution in [2.24, 2.45) is 0 Å². The molecule has 5 aromatic rings. The lowest BCUT2D eigenvalue weighted by molar-refractivity contribution is 0.0685. The van der Waals surface area contributed by atoms with Crippen molar-refractivity contribution in [3.63, 3.8) is 0 Å². The number of nitrogens with one attached hydrogen (secondary N) is 1. The molecule has 0 saturated carbocycles. The number of fused-ring (bicyclic) bond motifs is 2. The Morgan fingerprint density at radius 1 is 0.979 bits per heavy atom. The second kappa shape index (κ2) is 15.2. The van der Waals surface area contributed by atoms with Crippen molar-refractivity contribution in [2.45, 2.75) is 39.0 Å². The van der Waals surface area contributed by atoms with Crippen molar-refractivity contribution < 1.29 is 24.2 Å². The number of aryl methyl sites for hydroxylation is 1. The number of ether oxygens (including phenoxy) is 2. The van der Waals surface area contributed by atoms with E-state index in [2.05, 4.69) is 34.2 Å². The highest BCUT2D eigenvalue weighted by Gasteiger charge is 2.25. The van der Waals surface area contributed by atoms with Gasteiger partial charge in [0.1, 0.15) is 5.75 Å². The van der Waals surface area contributed by atoms with E-state index in [0.717, 1.165) is 65.1 Å². The molecule has 10 nitrogen and oxygen atoms in total. The summed E-state index contributed by atoms with van der Waals surface area (Å²) in [7, 11) is 2.09. The lowest BCUT2D eigenvalue weighted by Crippen LogP contribution is -2.38. The van der Waals surface area contributed by atoms with Gasteiger partial charge in [-0.05, 0) is 79.4 Å². The Morgan fingerprint density at radius 3 is 2.58 bits per heavy atom. The quantitative estimate of drug-likeness (QED) is 0.121. The molecule has 0 aliphatic carbocycles. The monoisotopic (exact) mass is 665 g/mol. The van der Waals surface area contributed by atoms with Crippen molar-refractivity contribution >= 4 is 50.1 Å². The zero-order chi connectivity index (χ0) is 33.5. The van der Waals surface area contributed by atoms with Gasteiger partial charge in [-0.15, -0.1) is 0 Å². The normalized spacial score (nSPS) is 12.4. The fourth-order valence-electron chi connectivity index (χ4n) is 5.66. The first kappa shape index (κ1) is 32.8. The number of hydrogen-bond acceptors (Lipinski definition) is 8. The van der Waals surface area contributed by atoms with Crippen LogP contribution >= 0.6 is 11.3 Å². The molecule has 0 atom stereocenters. The molecule has 0 spiro atoms. The molecule has 1 aliphatic heterocycles. The zero-order valence-corrected chi connectivity index (χ0v) is 28.0. The van der Waals surface area contributed by atoms with Crippen LogP contribution in [-0.2, 0) is 6.42 Å². The molecule has 0 bridgehead atoms. The number of carboxylic acids is 1. The molecule has 11 heteroatoms. The number of amides is 2. The first-order chi connectivity index (χ1) is 23.4. The number of unbranched alkanes of at least 4 members (excludes halogenated alkanes) is 1. The number of pyridine rings is 1. The molecule has 248 valence electrons. The number of hydrogen-bond donors (Lipinski definition) is 2. The average Bonchev–Trinajstić information content (AvgIpc) is 3.52. The predicted octanol–water partition coefficient (Wildman–Crippen LogP) is 8.13. The fourth-order valence-corrected chi connectivity index (χ4v) is 6.51. The first-order valence-corrected chi connectivity index (χ1v) is 17.1. The van der Waals surface area contributed by atoms with E-state index in [9.17, 15) is 14.7 Å². The van der Waals surface area contributed by atoms with Crippen LogP contribution in [0.2, 0.25) is 0 Å². The van der Waals surface area contributed by atoms with E-state index >= 15 is 0 Å². The van der Waals surface area contributed by atoms with E-state index in [1.807, 2.05) is 66.7 Å². The zero-order valence-electron chi connectivity index (χ0n) is 27.1. The number of rotatable bonds is 13. The van der Waals surface area contributed by atoms with Gasteiger partial charge in [0.25, 0.3) is 0 Å². The topological polar surface area (TPSA) is 117 Å². The molecular formula is C37H39N5O5S. The van der Waals surface area contributed by atoms with Crippen LogP contribution in [0.1, 0.15) is 48.7 Å². The van der Waals surface area contributed by atoms with Crippen molar-refractivity contribution in [1.29, 1.82) is 0 Å². The Bertz CT molecular complexity index is 1860. The maximum absolute atomic E-state index is 13.4. The highest BCUT2D eigenvalue weighted by Crippen LogP contribution is 2.34. The molecule has 0 unspecified atom stereocenters. The Hall–Kier alpha value is -5.16. The molecule has 2 aromatic heterocycles. The minimum atomic E-state index is -1.18. The Kier molecular flexibility index (Phi) is 10.4. The largest absolute Gasteiger partial charge is 0.493 e. The summed E-state index contributed by atoms with van der Waals surface area (Å²) >= 11 is 1.43. The second-order valence-corrected chi connectivity index (χ2v) is 12.7. The summed E-state index contributed by atoms with van der Waals surface area (Å²) in [6.45, 7) is 4.45. The summed E-state index contributed by atoms with van der Waals surface area (Å²) in [5, 5.41) is 13.5. The van der Waals surface area contributed by atoms with Crippen LogP contribution in [0.15, 0.2) is 78.9 Å². The summed E-state index contributed by atoms with van der Waals surface area (Å²) in [5.74, 6) is -0.208. The number of carbonyl (C=O) groups excluding carboxylic acids is 1. The van der Waals surface area contributed by atoms with E-state index in [-0.39, 0.29) is 24.1 Å². The van der Waals surface area contributed by atoms with E-state index in [1.165, 1.54) is 11.3 Å². The van der Waals surface area contributed by atoms with Crippen molar-refractivity contribution in [2.75, 3.05) is 48.5 Å². The van der Waals surface area contributed by atoms with Crippen LogP contribution in [0.3, 0.4) is 0 Å². The van der Waals surface area contributed by atoms with Crippen LogP contribution in [0.4, 0.5) is 21.3 Å². The third-order valence-corrected chi connectivity index (χ3v) is 9.20. The van der Waals surface area contributed by atoms with Crippen molar-refractivity contribution in [3.05, 3.63) is 90.1 Å². The Labute approximate surface area is 284 Å². The fraction of sp³-hybridized carbons (Fsp3) is 0.297. The molecule has 3 heterocycles. The lowest BCUT2D eigenvalue weighted by Gasteiger charge is -2.29. The summed E-state index contributed by atoms with van der Waals surface area (Å²) in [5.41, 5.74) is 4.82. The van der Waals surface area contributed by atoms with Gasteiger partial charge in [0.2, 0.25) is 0 Å². The van der Waals surface area contributed by atoms with Gasteiger partial charge in [0, 0.05) is 43.5 Å². The average molecular weight is 666 g/mol. The van der Waals surface area contributed by atoms with E-state index in [0.29, 0.717) is 36.0 Å². The van der Waals surface area contributed by atoms with E-state index in [4.69, 9.17) is 9.47 Å². The number of anilines is 3. The highest BCUT2D eigenvalue weighted by atomic mass is 32.1. The van der Waals surface area contributed by atoms with Crippen LogP contribution in [0.5, 0.6) is 11.5 Å². The van der Waals surface area contributed by atoms with Gasteiger partial charge < -0.3 is 19.5 Å². The number of carbonyl (C=O) groups is 2. The molecule has 48 heavy (non-hydrogen) atoms. The molecule has 0 fully saturated rings.